The fraction of sp³-hybridized carbons (Fsp3) is 0.650. The summed E-state index contributed by atoms with van der Waals surface area (Å²) in [5.41, 5.74) is 1.39. The van der Waals surface area contributed by atoms with Gasteiger partial charge in [-0.25, -0.2) is 4.79 Å². The zero-order chi connectivity index (χ0) is 18.8. The molecule has 0 unspecified atom stereocenters. The number of amides is 1. The van der Waals surface area contributed by atoms with E-state index in [1.165, 1.54) is 24.1 Å². The molecule has 1 fully saturated rings. The van der Waals surface area contributed by atoms with E-state index in [1.54, 1.807) is 0 Å². The number of para-hydroxylation sites is 1. The second-order valence-electron chi connectivity index (χ2n) is 6.94. The molecule has 26 heavy (non-hydrogen) atoms. The topological polar surface area (TPSA) is 44.8 Å². The van der Waals surface area contributed by atoms with Crippen molar-refractivity contribution in [1.82, 2.24) is 10.2 Å². The number of nitrogens with one attached hydrogen (secondary N) is 1. The van der Waals surface area contributed by atoms with Crippen LogP contribution in [0.1, 0.15) is 33.1 Å². The van der Waals surface area contributed by atoms with Crippen LogP contribution in [-0.4, -0.2) is 62.6 Å². The lowest BCUT2D eigenvalue weighted by Crippen LogP contribution is -2.46. The molecule has 1 aromatic carbocycles. The van der Waals surface area contributed by atoms with E-state index in [-0.39, 0.29) is 6.09 Å². The number of hydrogen-bond donors (Lipinski definition) is 1. The SMILES string of the molecule is COC(=O)NCCCCCN1CCN(c2ccccc2SC(C)C)CC1. The molecule has 0 saturated carbocycles. The van der Waals surface area contributed by atoms with Crippen molar-refractivity contribution in [2.45, 2.75) is 43.3 Å². The van der Waals surface area contributed by atoms with E-state index < -0.39 is 0 Å². The molecule has 2 rings (SSSR count). The highest BCUT2D eigenvalue weighted by atomic mass is 32.2. The van der Waals surface area contributed by atoms with Crippen LogP contribution in [0.4, 0.5) is 10.5 Å². The van der Waals surface area contributed by atoms with E-state index in [4.69, 9.17) is 0 Å². The lowest BCUT2D eigenvalue weighted by molar-refractivity contribution is 0.170. The summed E-state index contributed by atoms with van der Waals surface area (Å²) in [5.74, 6) is 0. The van der Waals surface area contributed by atoms with Gasteiger partial charge in [-0.05, 0) is 31.5 Å². The molecule has 0 radical (unpaired) electrons. The summed E-state index contributed by atoms with van der Waals surface area (Å²) in [6.07, 6.45) is 2.99. The number of rotatable bonds is 9. The van der Waals surface area contributed by atoms with Crippen LogP contribution >= 0.6 is 11.8 Å². The van der Waals surface area contributed by atoms with Crippen molar-refractivity contribution >= 4 is 23.5 Å². The Kier molecular flexibility index (Phi) is 9.12. The zero-order valence-electron chi connectivity index (χ0n) is 16.4. The fourth-order valence-electron chi connectivity index (χ4n) is 3.18. The molecule has 1 aromatic rings. The predicted molar refractivity (Wildman–Crippen MR) is 110 cm³/mol. The Morgan fingerprint density at radius 2 is 1.88 bits per heavy atom. The molecule has 0 atom stereocenters. The van der Waals surface area contributed by atoms with Crippen LogP contribution in [0, 0.1) is 0 Å². The number of carbonyl (C=O) groups is 1. The van der Waals surface area contributed by atoms with Gasteiger partial charge in [0.05, 0.1) is 12.8 Å². The van der Waals surface area contributed by atoms with Crippen LogP contribution in [-0.2, 0) is 4.74 Å². The minimum Gasteiger partial charge on any atom is -0.453 e. The summed E-state index contributed by atoms with van der Waals surface area (Å²) in [6.45, 7) is 10.8. The molecule has 0 spiro atoms. The summed E-state index contributed by atoms with van der Waals surface area (Å²) in [4.78, 5) is 17.5. The predicted octanol–water partition coefficient (Wildman–Crippen LogP) is 3.84. The maximum absolute atomic E-state index is 11.0. The highest BCUT2D eigenvalue weighted by molar-refractivity contribution is 8.00. The van der Waals surface area contributed by atoms with Crippen molar-refractivity contribution in [3.8, 4) is 0 Å². The fourth-order valence-corrected chi connectivity index (χ4v) is 4.17. The summed E-state index contributed by atoms with van der Waals surface area (Å²) < 4.78 is 4.56. The monoisotopic (exact) mass is 379 g/mol. The van der Waals surface area contributed by atoms with Crippen LogP contribution < -0.4 is 10.2 Å². The van der Waals surface area contributed by atoms with Gasteiger partial charge in [0.1, 0.15) is 0 Å². The normalized spacial score (nSPS) is 15.3. The summed E-state index contributed by atoms with van der Waals surface area (Å²) in [6, 6.07) is 8.79. The average molecular weight is 380 g/mol. The second kappa shape index (κ2) is 11.3. The third-order valence-corrected chi connectivity index (χ3v) is 5.62. The van der Waals surface area contributed by atoms with Crippen molar-refractivity contribution in [3.05, 3.63) is 24.3 Å². The Labute approximate surface area is 162 Å². The van der Waals surface area contributed by atoms with Gasteiger partial charge in [0.2, 0.25) is 0 Å². The number of thioether (sulfide) groups is 1. The van der Waals surface area contributed by atoms with E-state index in [2.05, 4.69) is 58.0 Å². The first kappa shape index (κ1) is 20.9. The lowest BCUT2D eigenvalue weighted by Gasteiger charge is -2.37. The van der Waals surface area contributed by atoms with Crippen molar-refractivity contribution < 1.29 is 9.53 Å². The van der Waals surface area contributed by atoms with Crippen molar-refractivity contribution in [2.75, 3.05) is 51.3 Å². The first-order valence-electron chi connectivity index (χ1n) is 9.65. The van der Waals surface area contributed by atoms with Gasteiger partial charge in [0.15, 0.2) is 0 Å². The first-order valence-corrected chi connectivity index (χ1v) is 10.5. The molecule has 1 aliphatic rings. The van der Waals surface area contributed by atoms with E-state index in [0.29, 0.717) is 11.8 Å². The molecule has 0 bridgehead atoms. The maximum atomic E-state index is 11.0. The molecular formula is C20H33N3O2S. The molecule has 1 N–H and O–H groups in total. The Bertz CT molecular complexity index is 546. The van der Waals surface area contributed by atoms with Gasteiger partial charge in [-0.15, -0.1) is 11.8 Å². The molecule has 0 aromatic heterocycles. The molecular weight excluding hydrogens is 346 g/mol. The van der Waals surface area contributed by atoms with E-state index >= 15 is 0 Å². The second-order valence-corrected chi connectivity index (χ2v) is 8.56. The van der Waals surface area contributed by atoms with Gasteiger partial charge in [0.25, 0.3) is 0 Å². The highest BCUT2D eigenvalue weighted by Crippen LogP contribution is 2.33. The minimum atomic E-state index is -0.336. The Morgan fingerprint density at radius 3 is 2.58 bits per heavy atom. The molecule has 1 heterocycles. The number of piperazine rings is 1. The van der Waals surface area contributed by atoms with Crippen molar-refractivity contribution in [1.29, 1.82) is 0 Å². The number of anilines is 1. The molecule has 0 aliphatic carbocycles. The number of ether oxygens (including phenoxy) is 1. The Balaban J connectivity index is 1.67. The van der Waals surface area contributed by atoms with Crippen molar-refractivity contribution in [2.24, 2.45) is 0 Å². The Hall–Kier alpha value is -1.40. The number of hydrogen-bond acceptors (Lipinski definition) is 5. The number of benzene rings is 1. The van der Waals surface area contributed by atoms with E-state index in [1.807, 2.05) is 11.8 Å². The van der Waals surface area contributed by atoms with E-state index in [0.717, 1.165) is 45.6 Å². The Morgan fingerprint density at radius 1 is 1.15 bits per heavy atom. The van der Waals surface area contributed by atoms with Crippen molar-refractivity contribution in [3.63, 3.8) is 0 Å². The number of methoxy groups -OCH3 is 1. The van der Waals surface area contributed by atoms with Crippen LogP contribution in [0.15, 0.2) is 29.2 Å². The number of alkyl carbamates (subject to hydrolysis) is 1. The largest absolute Gasteiger partial charge is 0.453 e. The maximum Gasteiger partial charge on any atom is 0.406 e. The van der Waals surface area contributed by atoms with Gasteiger partial charge in [0, 0.05) is 42.9 Å². The van der Waals surface area contributed by atoms with Crippen LogP contribution in [0.2, 0.25) is 0 Å². The van der Waals surface area contributed by atoms with Crippen LogP contribution in [0.3, 0.4) is 0 Å². The van der Waals surface area contributed by atoms with Crippen LogP contribution in [0.5, 0.6) is 0 Å². The quantitative estimate of drug-likeness (QED) is 0.522. The molecule has 6 heteroatoms. The summed E-state index contributed by atoms with van der Waals surface area (Å²) >= 11 is 1.95. The highest BCUT2D eigenvalue weighted by Gasteiger charge is 2.19. The standard InChI is InChI=1S/C20H33N3O2S/c1-17(2)26-19-10-6-5-9-18(19)23-15-13-22(14-16-23)12-8-4-7-11-21-20(24)25-3/h5-6,9-10,17H,4,7-8,11-16H2,1-3H3,(H,21,24). The van der Waals surface area contributed by atoms with Gasteiger partial charge in [-0.2, -0.15) is 0 Å². The van der Waals surface area contributed by atoms with Gasteiger partial charge < -0.3 is 15.0 Å². The number of nitrogens with zero attached hydrogens (tertiary/aromatic N) is 2. The smallest absolute Gasteiger partial charge is 0.406 e. The molecule has 1 amide bonds. The van der Waals surface area contributed by atoms with Crippen LogP contribution in [0.25, 0.3) is 0 Å². The molecule has 1 aliphatic heterocycles. The van der Waals surface area contributed by atoms with Gasteiger partial charge in [-0.1, -0.05) is 32.4 Å². The zero-order valence-corrected chi connectivity index (χ0v) is 17.2. The van der Waals surface area contributed by atoms with E-state index in [9.17, 15) is 4.79 Å². The average Bonchev–Trinajstić information content (AvgIpc) is 2.65. The third-order valence-electron chi connectivity index (χ3n) is 4.55. The lowest BCUT2D eigenvalue weighted by atomic mass is 10.2. The molecule has 1 saturated heterocycles. The van der Waals surface area contributed by atoms with Gasteiger partial charge >= 0.3 is 6.09 Å². The number of carbonyl (C=O) groups excluding carboxylic acids is 1. The summed E-state index contributed by atoms with van der Waals surface area (Å²) in [5, 5.41) is 3.33. The molecule has 5 nitrogen and oxygen atoms in total. The minimum absolute atomic E-state index is 0.336. The van der Waals surface area contributed by atoms with Gasteiger partial charge in [-0.3, -0.25) is 4.90 Å². The molecule has 146 valence electrons. The third kappa shape index (κ3) is 7.08. The number of unbranched alkanes of at least 4 members (excludes halogenated alkanes) is 2. The summed E-state index contributed by atoms with van der Waals surface area (Å²) in [7, 11) is 1.40. The first-order chi connectivity index (χ1) is 12.6.